The smallest absolute Gasteiger partial charge is 0.220 e. The first-order valence-electron chi connectivity index (χ1n) is 9.15. The normalized spacial score (nSPS) is 19.0. The Balaban J connectivity index is 1.42. The van der Waals surface area contributed by atoms with Crippen LogP contribution in [0.25, 0.3) is 0 Å². The predicted octanol–water partition coefficient (Wildman–Crippen LogP) is 3.05. The minimum absolute atomic E-state index is 0.130. The van der Waals surface area contributed by atoms with Crippen LogP contribution in [0.2, 0.25) is 0 Å². The first-order valence-corrected chi connectivity index (χ1v) is 9.15. The van der Waals surface area contributed by atoms with E-state index in [-0.39, 0.29) is 5.91 Å². The molecule has 5 nitrogen and oxygen atoms in total. The number of nitrogens with one attached hydrogen (secondary N) is 1. The minimum atomic E-state index is 0.130. The van der Waals surface area contributed by atoms with E-state index in [1.165, 1.54) is 44.9 Å². The third kappa shape index (κ3) is 4.91. The van der Waals surface area contributed by atoms with Gasteiger partial charge in [0.05, 0.1) is 6.54 Å². The molecule has 1 aliphatic heterocycles. The molecule has 1 aliphatic carbocycles. The number of nitrogens with zero attached hydrogens (tertiary/aromatic N) is 3. The Labute approximate surface area is 138 Å². The van der Waals surface area contributed by atoms with Crippen molar-refractivity contribution in [3.05, 3.63) is 18.1 Å². The van der Waals surface area contributed by atoms with Gasteiger partial charge in [-0.25, -0.2) is 9.97 Å². The number of hydrogen-bond donors (Lipinski definition) is 1. The maximum Gasteiger partial charge on any atom is 0.220 e. The van der Waals surface area contributed by atoms with Gasteiger partial charge < -0.3 is 10.2 Å². The van der Waals surface area contributed by atoms with E-state index in [1.54, 1.807) is 6.20 Å². The Kier molecular flexibility index (Phi) is 5.83. The van der Waals surface area contributed by atoms with Crippen molar-refractivity contribution in [3.63, 3.8) is 0 Å². The van der Waals surface area contributed by atoms with Crippen molar-refractivity contribution >= 4 is 11.7 Å². The Morgan fingerprint density at radius 2 is 1.96 bits per heavy atom. The van der Waals surface area contributed by atoms with Crippen molar-refractivity contribution in [1.82, 2.24) is 15.3 Å². The quantitative estimate of drug-likeness (QED) is 0.876. The zero-order chi connectivity index (χ0) is 15.9. The second-order valence-corrected chi connectivity index (χ2v) is 6.84. The van der Waals surface area contributed by atoms with Gasteiger partial charge >= 0.3 is 0 Å². The summed E-state index contributed by atoms with van der Waals surface area (Å²) >= 11 is 0. The van der Waals surface area contributed by atoms with E-state index in [1.807, 2.05) is 6.07 Å². The fourth-order valence-corrected chi connectivity index (χ4v) is 3.67. The van der Waals surface area contributed by atoms with E-state index in [4.69, 9.17) is 0 Å². The Morgan fingerprint density at radius 3 is 2.74 bits per heavy atom. The molecule has 1 amide bonds. The molecular formula is C18H28N4O. The van der Waals surface area contributed by atoms with Gasteiger partial charge in [-0.1, -0.05) is 32.1 Å². The lowest BCUT2D eigenvalue weighted by Gasteiger charge is -2.21. The average Bonchev–Trinajstić information content (AvgIpc) is 3.14. The van der Waals surface area contributed by atoms with E-state index in [9.17, 15) is 4.79 Å². The van der Waals surface area contributed by atoms with Crippen LogP contribution in [0.4, 0.5) is 5.82 Å². The van der Waals surface area contributed by atoms with Crippen LogP contribution in [0, 0.1) is 5.92 Å². The summed E-state index contributed by atoms with van der Waals surface area (Å²) in [5.74, 6) is 2.58. The molecule has 1 aromatic heterocycles. The van der Waals surface area contributed by atoms with Crippen molar-refractivity contribution in [2.24, 2.45) is 5.92 Å². The molecule has 126 valence electrons. The third-order valence-corrected chi connectivity index (χ3v) is 5.07. The molecule has 0 radical (unpaired) electrons. The van der Waals surface area contributed by atoms with Gasteiger partial charge in [-0.2, -0.15) is 0 Å². The van der Waals surface area contributed by atoms with E-state index < -0.39 is 0 Å². The number of anilines is 1. The number of carbonyl (C=O) groups is 1. The highest BCUT2D eigenvalue weighted by atomic mass is 16.1. The van der Waals surface area contributed by atoms with Crippen molar-refractivity contribution in [3.8, 4) is 0 Å². The molecule has 0 aromatic carbocycles. The molecule has 1 N–H and O–H groups in total. The van der Waals surface area contributed by atoms with Crippen molar-refractivity contribution in [2.45, 2.75) is 64.3 Å². The Morgan fingerprint density at radius 1 is 1.17 bits per heavy atom. The van der Waals surface area contributed by atoms with Gasteiger partial charge in [0.15, 0.2) is 0 Å². The van der Waals surface area contributed by atoms with Gasteiger partial charge in [-0.15, -0.1) is 0 Å². The monoisotopic (exact) mass is 316 g/mol. The molecule has 2 heterocycles. The molecule has 0 bridgehead atoms. The largest absolute Gasteiger partial charge is 0.357 e. The van der Waals surface area contributed by atoms with Crippen LogP contribution in [0.3, 0.4) is 0 Å². The van der Waals surface area contributed by atoms with Crippen molar-refractivity contribution < 1.29 is 4.79 Å². The fraction of sp³-hybridized carbons (Fsp3) is 0.722. The molecule has 0 atom stereocenters. The number of amides is 1. The summed E-state index contributed by atoms with van der Waals surface area (Å²) < 4.78 is 0. The lowest BCUT2D eigenvalue weighted by atomic mass is 9.86. The Bertz CT molecular complexity index is 507. The Hall–Kier alpha value is -1.65. The molecule has 2 fully saturated rings. The van der Waals surface area contributed by atoms with Crippen LogP contribution in [0.1, 0.15) is 63.6 Å². The second-order valence-electron chi connectivity index (χ2n) is 6.84. The van der Waals surface area contributed by atoms with E-state index in [0.717, 1.165) is 31.2 Å². The van der Waals surface area contributed by atoms with Crippen LogP contribution >= 0.6 is 0 Å². The van der Waals surface area contributed by atoms with Gasteiger partial charge in [0, 0.05) is 25.7 Å². The third-order valence-electron chi connectivity index (χ3n) is 5.07. The molecule has 1 aromatic rings. The average molecular weight is 316 g/mol. The predicted molar refractivity (Wildman–Crippen MR) is 91.1 cm³/mol. The van der Waals surface area contributed by atoms with E-state index in [0.29, 0.717) is 18.8 Å². The summed E-state index contributed by atoms with van der Waals surface area (Å²) in [5, 5.41) is 2.97. The highest BCUT2D eigenvalue weighted by Gasteiger charge is 2.16. The summed E-state index contributed by atoms with van der Waals surface area (Å²) in [6.07, 6.45) is 12.6. The molecule has 5 heteroatoms. The summed E-state index contributed by atoms with van der Waals surface area (Å²) in [6.45, 7) is 2.58. The summed E-state index contributed by atoms with van der Waals surface area (Å²) in [4.78, 5) is 23.2. The number of aromatic nitrogens is 2. The summed E-state index contributed by atoms with van der Waals surface area (Å²) in [6, 6.07) is 1.96. The van der Waals surface area contributed by atoms with Crippen LogP contribution in [0.5, 0.6) is 0 Å². The minimum Gasteiger partial charge on any atom is -0.357 e. The van der Waals surface area contributed by atoms with Gasteiger partial charge in [-0.05, 0) is 31.2 Å². The van der Waals surface area contributed by atoms with Crippen LogP contribution in [0.15, 0.2) is 12.3 Å². The standard InChI is InChI=1S/C18H28N4O/c23-18(9-8-15-6-2-1-3-7-15)20-14-16-19-11-10-17(21-16)22-12-4-5-13-22/h10-11,15H,1-9,12-14H2,(H,20,23). The molecule has 1 saturated carbocycles. The van der Waals surface area contributed by atoms with Crippen LogP contribution in [-0.4, -0.2) is 29.0 Å². The zero-order valence-electron chi connectivity index (χ0n) is 14.0. The maximum absolute atomic E-state index is 12.0. The molecule has 1 saturated heterocycles. The molecule has 23 heavy (non-hydrogen) atoms. The molecule has 0 unspecified atom stereocenters. The lowest BCUT2D eigenvalue weighted by molar-refractivity contribution is -0.121. The fourth-order valence-electron chi connectivity index (χ4n) is 3.67. The number of rotatable bonds is 6. The lowest BCUT2D eigenvalue weighted by Crippen LogP contribution is -2.25. The first-order chi connectivity index (χ1) is 11.3. The summed E-state index contributed by atoms with van der Waals surface area (Å²) in [5.41, 5.74) is 0. The van der Waals surface area contributed by atoms with E-state index in [2.05, 4.69) is 20.2 Å². The van der Waals surface area contributed by atoms with Gasteiger partial charge in [0.1, 0.15) is 11.6 Å². The van der Waals surface area contributed by atoms with Crippen molar-refractivity contribution in [2.75, 3.05) is 18.0 Å². The molecule has 0 spiro atoms. The topological polar surface area (TPSA) is 58.1 Å². The SMILES string of the molecule is O=C(CCC1CCCCC1)NCc1nccc(N2CCCC2)n1. The van der Waals surface area contributed by atoms with Crippen LogP contribution in [-0.2, 0) is 11.3 Å². The molecule has 3 rings (SSSR count). The molecular weight excluding hydrogens is 288 g/mol. The van der Waals surface area contributed by atoms with Crippen LogP contribution < -0.4 is 10.2 Å². The van der Waals surface area contributed by atoms with Gasteiger partial charge in [-0.3, -0.25) is 4.79 Å². The van der Waals surface area contributed by atoms with Gasteiger partial charge in [0.25, 0.3) is 0 Å². The second kappa shape index (κ2) is 8.27. The molecule has 2 aliphatic rings. The first kappa shape index (κ1) is 16.2. The highest BCUT2D eigenvalue weighted by Crippen LogP contribution is 2.27. The summed E-state index contributed by atoms with van der Waals surface area (Å²) in [7, 11) is 0. The van der Waals surface area contributed by atoms with E-state index >= 15 is 0 Å². The maximum atomic E-state index is 12.0. The zero-order valence-corrected chi connectivity index (χ0v) is 14.0. The van der Waals surface area contributed by atoms with Gasteiger partial charge in [0.2, 0.25) is 5.91 Å². The number of carbonyl (C=O) groups excluding carboxylic acids is 1. The number of hydrogen-bond acceptors (Lipinski definition) is 4. The highest BCUT2D eigenvalue weighted by molar-refractivity contribution is 5.75. The van der Waals surface area contributed by atoms with Crippen molar-refractivity contribution in [1.29, 1.82) is 0 Å².